The number of nitrogens with zero attached hydrogens (tertiary/aromatic N) is 1. The SMILES string of the molecule is O=C(COC(=O)C1CCN(C=CC(=O)C(F)(F)F)CC1)Nc1ccc(OC(F)F)cc1. The van der Waals surface area contributed by atoms with Crippen LogP contribution in [-0.2, 0) is 19.1 Å². The molecule has 0 spiro atoms. The maximum atomic E-state index is 12.2. The molecular formula is C19H19F5N2O5. The highest BCUT2D eigenvalue weighted by Gasteiger charge is 2.36. The van der Waals surface area contributed by atoms with E-state index < -0.39 is 43.0 Å². The average Bonchev–Trinajstić information content (AvgIpc) is 2.71. The highest BCUT2D eigenvalue weighted by molar-refractivity contribution is 5.94. The van der Waals surface area contributed by atoms with E-state index in [1.807, 2.05) is 0 Å². The first-order chi connectivity index (χ1) is 14.5. The number of ether oxygens (including phenoxy) is 2. The minimum absolute atomic E-state index is 0.0802. The number of allylic oxidation sites excluding steroid dienone is 1. The zero-order valence-corrected chi connectivity index (χ0v) is 16.0. The number of ketones is 1. The molecule has 0 bridgehead atoms. The van der Waals surface area contributed by atoms with Gasteiger partial charge in [0.05, 0.1) is 5.92 Å². The number of hydrogen-bond acceptors (Lipinski definition) is 6. The summed E-state index contributed by atoms with van der Waals surface area (Å²) in [7, 11) is 0. The van der Waals surface area contributed by atoms with E-state index in [-0.39, 0.29) is 37.4 Å². The van der Waals surface area contributed by atoms with Gasteiger partial charge in [0.1, 0.15) is 5.75 Å². The molecule has 170 valence electrons. The van der Waals surface area contributed by atoms with Crippen LogP contribution >= 0.6 is 0 Å². The fraction of sp³-hybridized carbons (Fsp3) is 0.421. The first-order valence-corrected chi connectivity index (χ1v) is 9.09. The number of esters is 1. The summed E-state index contributed by atoms with van der Waals surface area (Å²) in [6.45, 7) is -3.03. The standard InChI is InChI=1S/C19H19F5N2O5/c20-18(21)31-14-3-1-13(2-4-14)25-16(28)11-30-17(29)12-5-8-26(9-6-12)10-7-15(27)19(22,23)24/h1-4,7,10,12,18H,5-6,8-9,11H2,(H,25,28). The lowest BCUT2D eigenvalue weighted by Crippen LogP contribution is -2.35. The van der Waals surface area contributed by atoms with Gasteiger partial charge < -0.3 is 19.7 Å². The number of carbonyl (C=O) groups is 3. The van der Waals surface area contributed by atoms with Crippen molar-refractivity contribution in [3.8, 4) is 5.75 Å². The Kier molecular flexibility index (Phi) is 8.34. The van der Waals surface area contributed by atoms with E-state index in [1.54, 1.807) is 0 Å². The molecular weight excluding hydrogens is 431 g/mol. The Morgan fingerprint density at radius 1 is 1.13 bits per heavy atom. The molecule has 12 heteroatoms. The average molecular weight is 450 g/mol. The third-order valence-electron chi connectivity index (χ3n) is 4.29. The molecule has 0 aliphatic carbocycles. The topological polar surface area (TPSA) is 84.9 Å². The smallest absolute Gasteiger partial charge is 0.454 e. The zero-order valence-electron chi connectivity index (χ0n) is 16.0. The van der Waals surface area contributed by atoms with Crippen LogP contribution in [0.4, 0.5) is 27.6 Å². The van der Waals surface area contributed by atoms with Crippen LogP contribution in [0.5, 0.6) is 5.75 Å². The first kappa shape index (κ1) is 24.1. The van der Waals surface area contributed by atoms with E-state index in [1.165, 1.54) is 29.2 Å². The van der Waals surface area contributed by atoms with Crippen molar-refractivity contribution in [3.63, 3.8) is 0 Å². The lowest BCUT2D eigenvalue weighted by molar-refractivity contribution is -0.165. The first-order valence-electron chi connectivity index (χ1n) is 9.09. The maximum Gasteiger partial charge on any atom is 0.454 e. The molecule has 1 aromatic rings. The van der Waals surface area contributed by atoms with E-state index in [4.69, 9.17) is 4.74 Å². The molecule has 0 aromatic heterocycles. The van der Waals surface area contributed by atoms with Crippen molar-refractivity contribution >= 4 is 23.3 Å². The molecule has 1 amide bonds. The largest absolute Gasteiger partial charge is 0.455 e. The molecule has 2 rings (SSSR count). The number of carbonyl (C=O) groups excluding carboxylic acids is 3. The predicted molar refractivity (Wildman–Crippen MR) is 97.2 cm³/mol. The van der Waals surface area contributed by atoms with Crippen molar-refractivity contribution < 1.29 is 45.8 Å². The Morgan fingerprint density at radius 2 is 1.74 bits per heavy atom. The molecule has 31 heavy (non-hydrogen) atoms. The Bertz CT molecular complexity index is 803. The van der Waals surface area contributed by atoms with Gasteiger partial charge in [-0.25, -0.2) is 0 Å². The molecule has 1 saturated heterocycles. The number of anilines is 1. The fourth-order valence-electron chi connectivity index (χ4n) is 2.72. The molecule has 1 aliphatic rings. The minimum Gasteiger partial charge on any atom is -0.455 e. The highest BCUT2D eigenvalue weighted by Crippen LogP contribution is 2.21. The summed E-state index contributed by atoms with van der Waals surface area (Å²) in [5, 5.41) is 2.43. The Hall–Kier alpha value is -3.18. The number of likely N-dealkylation sites (tertiary alicyclic amines) is 1. The van der Waals surface area contributed by atoms with Crippen LogP contribution in [0.2, 0.25) is 0 Å². The Balaban J connectivity index is 1.71. The monoisotopic (exact) mass is 450 g/mol. The quantitative estimate of drug-likeness (QED) is 0.372. The van der Waals surface area contributed by atoms with Gasteiger partial charge in [-0.2, -0.15) is 22.0 Å². The van der Waals surface area contributed by atoms with Crippen LogP contribution in [0.1, 0.15) is 12.8 Å². The number of benzene rings is 1. The maximum absolute atomic E-state index is 12.2. The lowest BCUT2D eigenvalue weighted by atomic mass is 9.97. The number of piperidine rings is 1. The number of hydrogen-bond donors (Lipinski definition) is 1. The summed E-state index contributed by atoms with van der Waals surface area (Å²) in [6.07, 6.45) is -2.87. The summed E-state index contributed by atoms with van der Waals surface area (Å²) in [6, 6.07) is 5.14. The van der Waals surface area contributed by atoms with E-state index in [2.05, 4.69) is 10.1 Å². The Morgan fingerprint density at radius 3 is 2.29 bits per heavy atom. The lowest BCUT2D eigenvalue weighted by Gasteiger charge is -2.29. The van der Waals surface area contributed by atoms with Gasteiger partial charge in [-0.15, -0.1) is 0 Å². The summed E-state index contributed by atoms with van der Waals surface area (Å²) >= 11 is 0. The molecule has 1 aliphatic heterocycles. The molecule has 1 N–H and O–H groups in total. The molecule has 0 atom stereocenters. The number of rotatable bonds is 8. The van der Waals surface area contributed by atoms with Gasteiger partial charge in [0.2, 0.25) is 0 Å². The van der Waals surface area contributed by atoms with Crippen molar-refractivity contribution in [2.45, 2.75) is 25.6 Å². The van der Waals surface area contributed by atoms with Gasteiger partial charge in [0.15, 0.2) is 6.61 Å². The zero-order chi connectivity index (χ0) is 23.0. The molecule has 1 aromatic carbocycles. The minimum atomic E-state index is -4.93. The van der Waals surface area contributed by atoms with Crippen molar-refractivity contribution in [1.82, 2.24) is 4.90 Å². The highest BCUT2D eigenvalue weighted by atomic mass is 19.4. The number of nitrogens with one attached hydrogen (secondary N) is 1. The van der Waals surface area contributed by atoms with Gasteiger partial charge in [-0.3, -0.25) is 14.4 Å². The molecule has 0 saturated carbocycles. The van der Waals surface area contributed by atoms with Gasteiger partial charge in [-0.05, 0) is 37.1 Å². The molecule has 7 nitrogen and oxygen atoms in total. The third kappa shape index (κ3) is 8.22. The molecule has 1 fully saturated rings. The predicted octanol–water partition coefficient (Wildman–Crippen LogP) is 3.13. The molecule has 1 heterocycles. The second-order valence-electron chi connectivity index (χ2n) is 6.55. The van der Waals surface area contributed by atoms with Crippen LogP contribution in [-0.4, -0.2) is 55.0 Å². The summed E-state index contributed by atoms with van der Waals surface area (Å²) in [4.78, 5) is 36.3. The van der Waals surface area contributed by atoms with E-state index in [9.17, 15) is 36.3 Å². The number of amides is 1. The summed E-state index contributed by atoms with van der Waals surface area (Å²) in [5.41, 5.74) is 0.288. The van der Waals surface area contributed by atoms with Crippen LogP contribution in [0.25, 0.3) is 0 Å². The van der Waals surface area contributed by atoms with Crippen molar-refractivity contribution in [1.29, 1.82) is 0 Å². The summed E-state index contributed by atoms with van der Waals surface area (Å²) in [5.74, 6) is -3.83. The molecule has 0 unspecified atom stereocenters. The number of halogens is 5. The number of alkyl halides is 5. The van der Waals surface area contributed by atoms with Crippen molar-refractivity contribution in [3.05, 3.63) is 36.5 Å². The van der Waals surface area contributed by atoms with Crippen molar-refractivity contribution in [2.75, 3.05) is 25.0 Å². The van der Waals surface area contributed by atoms with Gasteiger partial charge in [0, 0.05) is 31.1 Å². The second-order valence-corrected chi connectivity index (χ2v) is 6.55. The van der Waals surface area contributed by atoms with Gasteiger partial charge >= 0.3 is 18.8 Å². The van der Waals surface area contributed by atoms with Crippen LogP contribution in [0.3, 0.4) is 0 Å². The van der Waals surface area contributed by atoms with Crippen LogP contribution in [0.15, 0.2) is 36.5 Å². The van der Waals surface area contributed by atoms with Gasteiger partial charge in [-0.1, -0.05) is 0 Å². The summed E-state index contributed by atoms with van der Waals surface area (Å²) < 4.78 is 69.9. The van der Waals surface area contributed by atoms with Crippen LogP contribution < -0.4 is 10.1 Å². The van der Waals surface area contributed by atoms with Crippen LogP contribution in [0, 0.1) is 5.92 Å². The normalized spacial score (nSPS) is 15.2. The third-order valence-corrected chi connectivity index (χ3v) is 4.29. The molecule has 0 radical (unpaired) electrons. The second kappa shape index (κ2) is 10.7. The Labute approximate surface area is 173 Å². The fourth-order valence-corrected chi connectivity index (χ4v) is 2.72. The van der Waals surface area contributed by atoms with E-state index in [0.29, 0.717) is 6.08 Å². The van der Waals surface area contributed by atoms with E-state index in [0.717, 1.165) is 6.20 Å². The van der Waals surface area contributed by atoms with Gasteiger partial charge in [0.25, 0.3) is 11.7 Å². The van der Waals surface area contributed by atoms with E-state index >= 15 is 0 Å². The van der Waals surface area contributed by atoms with Crippen molar-refractivity contribution in [2.24, 2.45) is 5.92 Å².